The molecule has 21 heavy (non-hydrogen) atoms. The number of sulfonamides is 2. The molecule has 6 nitrogen and oxygen atoms in total. The molecule has 0 aromatic carbocycles. The summed E-state index contributed by atoms with van der Waals surface area (Å²) in [5.74, 6) is 0.352. The molecule has 0 bridgehead atoms. The van der Waals surface area contributed by atoms with Crippen molar-refractivity contribution in [2.75, 3.05) is 30.5 Å². The van der Waals surface area contributed by atoms with Crippen LogP contribution < -0.4 is 4.72 Å². The van der Waals surface area contributed by atoms with Crippen molar-refractivity contribution in [3.8, 4) is 0 Å². The summed E-state index contributed by atoms with van der Waals surface area (Å²) in [6.07, 6.45) is 1.61. The lowest BCUT2D eigenvalue weighted by Gasteiger charge is -2.31. The number of nitrogens with zero attached hydrogens (tertiary/aromatic N) is 1. The van der Waals surface area contributed by atoms with Gasteiger partial charge in [0.1, 0.15) is 0 Å². The van der Waals surface area contributed by atoms with E-state index in [0.29, 0.717) is 38.2 Å². The van der Waals surface area contributed by atoms with Gasteiger partial charge in [0, 0.05) is 25.0 Å². The maximum atomic E-state index is 11.9. The van der Waals surface area contributed by atoms with Crippen molar-refractivity contribution in [2.24, 2.45) is 5.92 Å². The van der Waals surface area contributed by atoms with Crippen LogP contribution in [0.3, 0.4) is 0 Å². The van der Waals surface area contributed by atoms with Crippen LogP contribution in [0.5, 0.6) is 0 Å². The molecule has 1 aliphatic rings. The summed E-state index contributed by atoms with van der Waals surface area (Å²) in [4.78, 5) is 0. The van der Waals surface area contributed by atoms with Crippen molar-refractivity contribution in [3.05, 3.63) is 0 Å². The van der Waals surface area contributed by atoms with Gasteiger partial charge in [0.2, 0.25) is 20.0 Å². The van der Waals surface area contributed by atoms with E-state index in [0.717, 1.165) is 0 Å². The van der Waals surface area contributed by atoms with Gasteiger partial charge in [0.25, 0.3) is 0 Å². The van der Waals surface area contributed by atoms with Crippen molar-refractivity contribution < 1.29 is 16.8 Å². The molecule has 0 aliphatic carbocycles. The maximum absolute atomic E-state index is 11.9. The van der Waals surface area contributed by atoms with Crippen molar-refractivity contribution >= 4 is 31.6 Å². The van der Waals surface area contributed by atoms with Gasteiger partial charge in [-0.15, -0.1) is 11.6 Å². The Morgan fingerprint density at radius 1 is 1.24 bits per heavy atom. The van der Waals surface area contributed by atoms with E-state index in [1.165, 1.54) is 4.31 Å². The maximum Gasteiger partial charge on any atom is 0.214 e. The van der Waals surface area contributed by atoms with Crippen molar-refractivity contribution in [1.29, 1.82) is 0 Å². The third kappa shape index (κ3) is 6.40. The highest BCUT2D eigenvalue weighted by atomic mass is 35.5. The number of rotatable bonds is 8. The van der Waals surface area contributed by atoms with E-state index in [1.54, 1.807) is 6.92 Å². The summed E-state index contributed by atoms with van der Waals surface area (Å²) in [6.45, 7) is 4.36. The van der Waals surface area contributed by atoms with E-state index < -0.39 is 20.0 Å². The minimum Gasteiger partial charge on any atom is -0.212 e. The Hall–Kier alpha value is 0.110. The Morgan fingerprint density at radius 2 is 1.81 bits per heavy atom. The van der Waals surface area contributed by atoms with E-state index in [2.05, 4.69) is 4.72 Å². The lowest BCUT2D eigenvalue weighted by atomic mass is 10.1. The van der Waals surface area contributed by atoms with Gasteiger partial charge in [-0.2, -0.15) is 0 Å². The number of alkyl halides is 1. The van der Waals surface area contributed by atoms with Gasteiger partial charge in [0.15, 0.2) is 0 Å². The molecule has 1 saturated heterocycles. The summed E-state index contributed by atoms with van der Waals surface area (Å²) in [5, 5.41) is 0. The molecule has 0 aromatic heterocycles. The Morgan fingerprint density at radius 3 is 2.29 bits per heavy atom. The van der Waals surface area contributed by atoms with Crippen LogP contribution in [0.2, 0.25) is 0 Å². The van der Waals surface area contributed by atoms with Gasteiger partial charge in [0.05, 0.1) is 11.5 Å². The molecule has 0 saturated carbocycles. The zero-order valence-corrected chi connectivity index (χ0v) is 15.0. The van der Waals surface area contributed by atoms with Crippen LogP contribution in [0.15, 0.2) is 0 Å². The summed E-state index contributed by atoms with van der Waals surface area (Å²) < 4.78 is 51.9. The molecule has 0 aromatic rings. The topological polar surface area (TPSA) is 83.6 Å². The first-order valence-corrected chi connectivity index (χ1v) is 11.0. The minimum atomic E-state index is -3.36. The molecule has 1 N–H and O–H groups in total. The monoisotopic (exact) mass is 360 g/mol. The molecule has 1 heterocycles. The molecule has 9 heteroatoms. The number of nitrogens with one attached hydrogen (secondary N) is 1. The molecule has 126 valence electrons. The lowest BCUT2D eigenvalue weighted by molar-refractivity contribution is 0.308. The van der Waals surface area contributed by atoms with Gasteiger partial charge in [-0.1, -0.05) is 13.8 Å². The molecule has 1 unspecified atom stereocenters. The Balaban J connectivity index is 2.50. The molecule has 1 atom stereocenters. The standard InChI is InChI=1S/C12H25ClN2O4S2/c1-3-8-21(18,19)15-6-4-12(5-7-15)14-20(16,17)10-11(2)9-13/h11-12,14H,3-10H2,1-2H3. The summed E-state index contributed by atoms with van der Waals surface area (Å²) in [6, 6.07) is -0.189. The van der Waals surface area contributed by atoms with E-state index in [9.17, 15) is 16.8 Å². The highest BCUT2D eigenvalue weighted by Gasteiger charge is 2.29. The number of hydrogen-bond donors (Lipinski definition) is 1. The van der Waals surface area contributed by atoms with Gasteiger partial charge in [-0.25, -0.2) is 25.9 Å². The fourth-order valence-corrected chi connectivity index (χ4v) is 5.85. The minimum absolute atomic E-state index is 0.00481. The molecule has 0 radical (unpaired) electrons. The molecule has 1 rings (SSSR count). The zero-order chi connectivity index (χ0) is 16.1. The molecule has 0 amide bonds. The van der Waals surface area contributed by atoms with Gasteiger partial charge < -0.3 is 0 Å². The van der Waals surface area contributed by atoms with Gasteiger partial charge in [-0.3, -0.25) is 0 Å². The fourth-order valence-electron chi connectivity index (χ4n) is 2.36. The highest BCUT2D eigenvalue weighted by Crippen LogP contribution is 2.16. The summed E-state index contributed by atoms with van der Waals surface area (Å²) in [5.41, 5.74) is 0. The first-order valence-electron chi connectivity index (χ1n) is 7.24. The molecular formula is C12H25ClN2O4S2. The van der Waals surface area contributed by atoms with E-state index in [1.807, 2.05) is 6.92 Å². The third-order valence-electron chi connectivity index (χ3n) is 3.42. The zero-order valence-electron chi connectivity index (χ0n) is 12.6. The van der Waals surface area contributed by atoms with E-state index >= 15 is 0 Å². The second kappa shape index (κ2) is 8.10. The average Bonchev–Trinajstić information content (AvgIpc) is 2.38. The first-order chi connectivity index (χ1) is 9.70. The van der Waals surface area contributed by atoms with Crippen molar-refractivity contribution in [2.45, 2.75) is 39.2 Å². The Bertz CT molecular complexity index is 513. The van der Waals surface area contributed by atoms with Gasteiger partial charge in [-0.05, 0) is 25.2 Å². The van der Waals surface area contributed by atoms with Crippen LogP contribution in [-0.2, 0) is 20.0 Å². The second-order valence-corrected chi connectivity index (χ2v) is 9.84. The number of halogens is 1. The first kappa shape index (κ1) is 19.2. The second-order valence-electron chi connectivity index (χ2n) is 5.65. The number of hydrogen-bond acceptors (Lipinski definition) is 4. The third-order valence-corrected chi connectivity index (χ3v) is 7.73. The van der Waals surface area contributed by atoms with Crippen LogP contribution in [0, 0.1) is 5.92 Å². The van der Waals surface area contributed by atoms with Crippen LogP contribution in [0.25, 0.3) is 0 Å². The predicted molar refractivity (Wildman–Crippen MR) is 85.5 cm³/mol. The Kier molecular flexibility index (Phi) is 7.39. The molecule has 1 aliphatic heterocycles. The predicted octanol–water partition coefficient (Wildman–Crippen LogP) is 0.985. The number of piperidine rings is 1. The highest BCUT2D eigenvalue weighted by molar-refractivity contribution is 7.89. The average molecular weight is 361 g/mol. The normalized spacial score (nSPS) is 20.5. The smallest absolute Gasteiger partial charge is 0.212 e. The largest absolute Gasteiger partial charge is 0.214 e. The Labute approximate surface area is 133 Å². The fraction of sp³-hybridized carbons (Fsp3) is 1.00. The van der Waals surface area contributed by atoms with Crippen molar-refractivity contribution in [1.82, 2.24) is 9.03 Å². The molecule has 1 fully saturated rings. The molecular weight excluding hydrogens is 336 g/mol. The van der Waals surface area contributed by atoms with E-state index in [-0.39, 0.29) is 23.5 Å². The van der Waals surface area contributed by atoms with Crippen LogP contribution >= 0.6 is 11.6 Å². The molecule has 0 spiro atoms. The SMILES string of the molecule is CCCS(=O)(=O)N1CCC(NS(=O)(=O)CC(C)CCl)CC1. The van der Waals surface area contributed by atoms with Gasteiger partial charge >= 0.3 is 0 Å². The van der Waals surface area contributed by atoms with E-state index in [4.69, 9.17) is 11.6 Å². The van der Waals surface area contributed by atoms with Crippen molar-refractivity contribution in [3.63, 3.8) is 0 Å². The van der Waals surface area contributed by atoms with Crippen LogP contribution in [0.1, 0.15) is 33.1 Å². The summed E-state index contributed by atoms with van der Waals surface area (Å²) >= 11 is 5.63. The summed E-state index contributed by atoms with van der Waals surface area (Å²) in [7, 11) is -6.54. The van der Waals surface area contributed by atoms with Crippen LogP contribution in [0.4, 0.5) is 0 Å². The van der Waals surface area contributed by atoms with Crippen LogP contribution in [-0.4, -0.2) is 57.7 Å². The quantitative estimate of drug-likeness (QED) is 0.654. The lowest BCUT2D eigenvalue weighted by Crippen LogP contribution is -2.47.